The summed E-state index contributed by atoms with van der Waals surface area (Å²) in [5.41, 5.74) is 2.11. The molecule has 142 valence electrons. The highest BCUT2D eigenvalue weighted by atomic mass is 35.5. The van der Waals surface area contributed by atoms with Crippen LogP contribution in [0.15, 0.2) is 69.4 Å². The first-order valence-corrected chi connectivity index (χ1v) is 11.1. The number of para-hydroxylation sites is 1. The second-order valence-corrected chi connectivity index (χ2v) is 9.33. The molecule has 4 nitrogen and oxygen atoms in total. The third kappa shape index (κ3) is 3.90. The molecule has 1 aliphatic heterocycles. The zero-order valence-electron chi connectivity index (χ0n) is 15.1. The molecule has 0 radical (unpaired) electrons. The molecule has 0 unspecified atom stereocenters. The van der Waals surface area contributed by atoms with Crippen LogP contribution in [0.1, 0.15) is 23.0 Å². The van der Waals surface area contributed by atoms with Crippen LogP contribution in [0.5, 0.6) is 0 Å². The molecule has 28 heavy (non-hydrogen) atoms. The fraction of sp³-hybridized carbons (Fsp3) is 0.190. The van der Waals surface area contributed by atoms with Crippen LogP contribution in [0, 0.1) is 0 Å². The third-order valence-electron chi connectivity index (χ3n) is 4.39. The minimum atomic E-state index is -0.0630. The Kier molecular flexibility index (Phi) is 5.62. The molecule has 0 saturated carbocycles. The highest BCUT2D eigenvalue weighted by Gasteiger charge is 2.27. The highest BCUT2D eigenvalue weighted by molar-refractivity contribution is 8.00. The molecule has 0 bridgehead atoms. The lowest BCUT2D eigenvalue weighted by Gasteiger charge is -2.13. The number of hydrogen-bond donors (Lipinski definition) is 0. The molecule has 1 aliphatic rings. The lowest BCUT2D eigenvalue weighted by molar-refractivity contribution is 0.102. The van der Waals surface area contributed by atoms with Crippen LogP contribution in [-0.2, 0) is 6.42 Å². The van der Waals surface area contributed by atoms with Gasteiger partial charge in [0, 0.05) is 22.3 Å². The molecule has 7 heteroatoms. The summed E-state index contributed by atoms with van der Waals surface area (Å²) >= 11 is 8.76. The minimum absolute atomic E-state index is 0.0289. The Morgan fingerprint density at radius 2 is 1.93 bits per heavy atom. The number of carbonyl (C=O) groups excluding carboxylic acids is 1. The smallest absolute Gasteiger partial charge is 0.272 e. The molecule has 0 fully saturated rings. The van der Waals surface area contributed by atoms with Crippen molar-refractivity contribution < 1.29 is 4.79 Å². The molecule has 0 spiro atoms. The van der Waals surface area contributed by atoms with Gasteiger partial charge in [0.05, 0.1) is 22.0 Å². The molecule has 4 rings (SSSR count). The van der Waals surface area contributed by atoms with Gasteiger partial charge in [-0.3, -0.25) is 14.2 Å². The Labute approximate surface area is 176 Å². The largest absolute Gasteiger partial charge is 0.293 e. The SMILES string of the molecule is C[C@H]1Cc2nc(SCC(=O)c3ccc(Cl)cc3)n(-c3ccccc3)c(=O)c2S1. The van der Waals surface area contributed by atoms with Crippen molar-refractivity contribution in [3.8, 4) is 5.69 Å². The molecule has 2 heterocycles. The predicted octanol–water partition coefficient (Wildman–Crippen LogP) is 4.90. The van der Waals surface area contributed by atoms with Crippen molar-refractivity contribution in [1.29, 1.82) is 0 Å². The Hall–Kier alpha value is -2.02. The molecule has 0 N–H and O–H groups in total. The second-order valence-electron chi connectivity index (χ2n) is 6.50. The van der Waals surface area contributed by atoms with E-state index in [1.165, 1.54) is 11.8 Å². The van der Waals surface area contributed by atoms with E-state index in [1.807, 2.05) is 30.3 Å². The zero-order chi connectivity index (χ0) is 19.7. The van der Waals surface area contributed by atoms with Gasteiger partial charge in [0.1, 0.15) is 0 Å². The Bertz CT molecular complexity index is 1080. The van der Waals surface area contributed by atoms with E-state index >= 15 is 0 Å². The van der Waals surface area contributed by atoms with Crippen molar-refractivity contribution in [3.63, 3.8) is 0 Å². The maximum Gasteiger partial charge on any atom is 0.272 e. The lowest BCUT2D eigenvalue weighted by atomic mass is 10.1. The minimum Gasteiger partial charge on any atom is -0.293 e. The first kappa shape index (κ1) is 19.3. The number of aromatic nitrogens is 2. The maximum absolute atomic E-state index is 13.2. The van der Waals surface area contributed by atoms with Gasteiger partial charge in [-0.15, -0.1) is 11.8 Å². The van der Waals surface area contributed by atoms with Crippen molar-refractivity contribution in [1.82, 2.24) is 9.55 Å². The van der Waals surface area contributed by atoms with Crippen LogP contribution in [-0.4, -0.2) is 26.3 Å². The predicted molar refractivity (Wildman–Crippen MR) is 115 cm³/mol. The fourth-order valence-corrected chi connectivity index (χ4v) is 5.20. The highest BCUT2D eigenvalue weighted by Crippen LogP contribution is 2.35. The lowest BCUT2D eigenvalue weighted by Crippen LogP contribution is -2.24. The number of ketones is 1. The molecular weight excluding hydrogens is 412 g/mol. The normalized spacial score (nSPS) is 15.4. The number of carbonyl (C=O) groups is 1. The van der Waals surface area contributed by atoms with Crippen molar-refractivity contribution in [3.05, 3.63) is 81.2 Å². The van der Waals surface area contributed by atoms with Gasteiger partial charge in [0.25, 0.3) is 5.56 Å². The van der Waals surface area contributed by atoms with E-state index in [2.05, 4.69) is 6.92 Å². The molecule has 0 aliphatic carbocycles. The summed E-state index contributed by atoms with van der Waals surface area (Å²) in [6.45, 7) is 2.09. The summed E-state index contributed by atoms with van der Waals surface area (Å²) in [4.78, 5) is 31.2. The number of fused-ring (bicyclic) bond motifs is 1. The Balaban J connectivity index is 1.69. The van der Waals surface area contributed by atoms with Gasteiger partial charge in [-0.2, -0.15) is 0 Å². The van der Waals surface area contributed by atoms with Gasteiger partial charge in [-0.1, -0.05) is 48.5 Å². The topological polar surface area (TPSA) is 52.0 Å². The van der Waals surface area contributed by atoms with Crippen molar-refractivity contribution in [2.75, 3.05) is 5.75 Å². The monoisotopic (exact) mass is 428 g/mol. The van der Waals surface area contributed by atoms with Gasteiger partial charge in [-0.25, -0.2) is 4.98 Å². The van der Waals surface area contributed by atoms with Gasteiger partial charge in [-0.05, 0) is 36.4 Å². The van der Waals surface area contributed by atoms with Crippen molar-refractivity contribution in [2.24, 2.45) is 0 Å². The molecule has 0 amide bonds. The molecule has 3 aromatic rings. The van der Waals surface area contributed by atoms with Gasteiger partial charge < -0.3 is 0 Å². The van der Waals surface area contributed by atoms with Crippen LogP contribution in [0.2, 0.25) is 5.02 Å². The van der Waals surface area contributed by atoms with Gasteiger partial charge >= 0.3 is 0 Å². The van der Waals surface area contributed by atoms with Gasteiger partial charge in [0.15, 0.2) is 10.9 Å². The quantitative estimate of drug-likeness (QED) is 0.328. The van der Waals surface area contributed by atoms with E-state index in [9.17, 15) is 9.59 Å². The second kappa shape index (κ2) is 8.15. The third-order valence-corrected chi connectivity index (χ3v) is 6.80. The summed E-state index contributed by atoms with van der Waals surface area (Å²) in [5.74, 6) is 0.168. The number of halogens is 1. The average molecular weight is 429 g/mol. The number of thioether (sulfide) groups is 2. The average Bonchev–Trinajstić information content (AvgIpc) is 3.08. The first-order valence-electron chi connectivity index (χ1n) is 8.82. The number of nitrogens with zero attached hydrogens (tertiary/aromatic N) is 2. The number of rotatable bonds is 5. The van der Waals surface area contributed by atoms with Crippen molar-refractivity contribution >= 4 is 40.9 Å². The van der Waals surface area contributed by atoms with E-state index in [1.54, 1.807) is 40.6 Å². The molecule has 2 aromatic carbocycles. The van der Waals surface area contributed by atoms with Crippen molar-refractivity contribution in [2.45, 2.75) is 28.6 Å². The summed E-state index contributed by atoms with van der Waals surface area (Å²) in [7, 11) is 0. The summed E-state index contributed by atoms with van der Waals surface area (Å²) in [6, 6.07) is 16.3. The van der Waals surface area contributed by atoms with Crippen LogP contribution < -0.4 is 5.56 Å². The Morgan fingerprint density at radius 1 is 1.21 bits per heavy atom. The number of benzene rings is 2. The van der Waals surface area contributed by atoms with E-state index in [0.29, 0.717) is 25.9 Å². The van der Waals surface area contributed by atoms with E-state index in [-0.39, 0.29) is 17.1 Å². The Morgan fingerprint density at radius 3 is 2.64 bits per heavy atom. The first-order chi connectivity index (χ1) is 13.5. The number of Topliss-reactive ketones (excluding diaryl/α,β-unsaturated/α-hetero) is 1. The van der Waals surface area contributed by atoms with Crippen LogP contribution in [0.3, 0.4) is 0 Å². The van der Waals surface area contributed by atoms with Crippen LogP contribution in [0.4, 0.5) is 0 Å². The van der Waals surface area contributed by atoms with Crippen LogP contribution >= 0.6 is 35.1 Å². The van der Waals surface area contributed by atoms with Crippen LogP contribution in [0.25, 0.3) is 5.69 Å². The molecule has 1 atom stereocenters. The van der Waals surface area contributed by atoms with E-state index in [0.717, 1.165) is 17.8 Å². The molecule has 1 aromatic heterocycles. The van der Waals surface area contributed by atoms with E-state index < -0.39 is 0 Å². The zero-order valence-corrected chi connectivity index (χ0v) is 17.5. The summed E-state index contributed by atoms with van der Waals surface area (Å²) in [6.07, 6.45) is 0.767. The van der Waals surface area contributed by atoms with Gasteiger partial charge in [0.2, 0.25) is 0 Å². The standard InChI is InChI=1S/C21H17ClN2O2S2/c1-13-11-17-19(28-13)20(26)24(16-5-3-2-4-6-16)21(23-17)27-12-18(25)14-7-9-15(22)10-8-14/h2-10,13H,11-12H2,1H3/t13-/m0/s1. The number of hydrogen-bond acceptors (Lipinski definition) is 5. The fourth-order valence-electron chi connectivity index (χ4n) is 3.05. The molecular formula is C21H17ClN2O2S2. The maximum atomic E-state index is 13.2. The van der Waals surface area contributed by atoms with E-state index in [4.69, 9.17) is 16.6 Å². The molecule has 0 saturated heterocycles. The summed E-state index contributed by atoms with van der Waals surface area (Å²) in [5, 5.41) is 1.47. The summed E-state index contributed by atoms with van der Waals surface area (Å²) < 4.78 is 1.61.